The molecule has 170 valence electrons. The summed E-state index contributed by atoms with van der Waals surface area (Å²) in [7, 11) is 0. The molecule has 5 atom stereocenters. The predicted molar refractivity (Wildman–Crippen MR) is 121 cm³/mol. The average Bonchev–Trinajstić information content (AvgIpc) is 2.69. The van der Waals surface area contributed by atoms with E-state index in [1.165, 1.54) is 44.1 Å². The summed E-state index contributed by atoms with van der Waals surface area (Å²) in [6, 6.07) is 0. The topological polar surface area (TPSA) is 77.8 Å². The highest BCUT2D eigenvalue weighted by atomic mass is 16.4. The third-order valence-electron chi connectivity index (χ3n) is 6.86. The minimum absolute atomic E-state index is 0.0341. The van der Waals surface area contributed by atoms with Crippen molar-refractivity contribution in [3.8, 4) is 11.8 Å². The zero-order valence-corrected chi connectivity index (χ0v) is 18.8. The molecule has 0 saturated heterocycles. The molecule has 0 radical (unpaired) electrons. The molecule has 2 aliphatic carbocycles. The molecule has 0 amide bonds. The fourth-order valence-electron chi connectivity index (χ4n) is 4.99. The van der Waals surface area contributed by atoms with Gasteiger partial charge in [-0.3, -0.25) is 4.79 Å². The average molecular weight is 419 g/mol. The van der Waals surface area contributed by atoms with Crippen molar-refractivity contribution in [1.29, 1.82) is 0 Å². The van der Waals surface area contributed by atoms with Gasteiger partial charge in [0.15, 0.2) is 0 Å². The lowest BCUT2D eigenvalue weighted by atomic mass is 9.57. The first-order valence-corrected chi connectivity index (χ1v) is 12.3. The number of rotatable bonds is 13. The van der Waals surface area contributed by atoms with E-state index in [9.17, 15) is 15.0 Å². The molecule has 0 bridgehead atoms. The van der Waals surface area contributed by atoms with Gasteiger partial charge in [-0.05, 0) is 56.8 Å². The number of hydrogen-bond donors (Lipinski definition) is 3. The quantitative estimate of drug-likeness (QED) is 0.210. The number of aliphatic carboxylic acids is 1. The molecule has 0 aromatic carbocycles. The first-order valence-electron chi connectivity index (χ1n) is 12.3. The molecule has 0 spiro atoms. The van der Waals surface area contributed by atoms with Crippen molar-refractivity contribution in [3.63, 3.8) is 0 Å². The maximum atomic E-state index is 10.6. The molecule has 0 aromatic rings. The fourth-order valence-corrected chi connectivity index (χ4v) is 4.99. The number of allylic oxidation sites excluding steroid dienone is 2. The normalized spacial score (nSPS) is 27.6. The van der Waals surface area contributed by atoms with E-state index in [4.69, 9.17) is 5.11 Å². The molecule has 30 heavy (non-hydrogen) atoms. The summed E-state index contributed by atoms with van der Waals surface area (Å²) < 4.78 is 0. The molecule has 1 unspecified atom stereocenters. The van der Waals surface area contributed by atoms with Crippen LogP contribution in [0.15, 0.2) is 11.6 Å². The summed E-state index contributed by atoms with van der Waals surface area (Å²) in [5.41, 5.74) is 1.42. The van der Waals surface area contributed by atoms with Gasteiger partial charge in [-0.2, -0.15) is 0 Å². The molecule has 2 rings (SSSR count). The lowest BCUT2D eigenvalue weighted by Crippen LogP contribution is -2.44. The van der Waals surface area contributed by atoms with Crippen LogP contribution >= 0.6 is 0 Å². The Hall–Kier alpha value is -1.31. The standard InChI is InChI=1S/C26H42O4/c1-2-3-4-5-6-7-8-9-13-21(27)15-16-23-24-19-20(12-10-11-14-26(29)30)22(24)17-18-25(23)28/h12,21-25,27-28H,2-11,13-14,17-19H2,1H3,(H,29,30)/b20-12+/t21?,22-,23-,24+,25-/m1/s1. The van der Waals surface area contributed by atoms with Crippen molar-refractivity contribution < 1.29 is 20.1 Å². The predicted octanol–water partition coefficient (Wildman–Crippen LogP) is 5.47. The Labute approximate surface area is 183 Å². The zero-order chi connectivity index (χ0) is 21.8. The van der Waals surface area contributed by atoms with Crippen LogP contribution in [0.5, 0.6) is 0 Å². The van der Waals surface area contributed by atoms with Crippen molar-refractivity contribution in [1.82, 2.24) is 0 Å². The second-order valence-corrected chi connectivity index (χ2v) is 9.28. The third-order valence-corrected chi connectivity index (χ3v) is 6.86. The van der Waals surface area contributed by atoms with E-state index in [1.54, 1.807) is 0 Å². The van der Waals surface area contributed by atoms with Gasteiger partial charge in [-0.25, -0.2) is 0 Å². The Kier molecular flexibility index (Phi) is 11.6. The van der Waals surface area contributed by atoms with Gasteiger partial charge < -0.3 is 15.3 Å². The van der Waals surface area contributed by atoms with Gasteiger partial charge in [0.05, 0.1) is 12.0 Å². The van der Waals surface area contributed by atoms with Crippen LogP contribution in [0.3, 0.4) is 0 Å². The maximum Gasteiger partial charge on any atom is 0.303 e. The fraction of sp³-hybridized carbons (Fsp3) is 0.808. The van der Waals surface area contributed by atoms with Crippen molar-refractivity contribution in [2.75, 3.05) is 0 Å². The van der Waals surface area contributed by atoms with Crippen LogP contribution in [0.25, 0.3) is 0 Å². The molecule has 4 nitrogen and oxygen atoms in total. The highest BCUT2D eigenvalue weighted by Crippen LogP contribution is 2.51. The van der Waals surface area contributed by atoms with E-state index in [1.807, 2.05) is 0 Å². The summed E-state index contributed by atoms with van der Waals surface area (Å²) in [4.78, 5) is 10.6. The number of carboxylic acids is 1. The summed E-state index contributed by atoms with van der Waals surface area (Å²) in [6.07, 6.45) is 16.4. The zero-order valence-electron chi connectivity index (χ0n) is 18.8. The van der Waals surface area contributed by atoms with Crippen LogP contribution in [0, 0.1) is 29.6 Å². The number of carboxylic acid groups (broad SMARTS) is 1. The van der Waals surface area contributed by atoms with E-state index in [0.717, 1.165) is 44.9 Å². The molecule has 2 fully saturated rings. The van der Waals surface area contributed by atoms with Crippen LogP contribution in [0.4, 0.5) is 0 Å². The Bertz CT molecular complexity index is 600. The molecule has 4 heteroatoms. The highest BCUT2D eigenvalue weighted by molar-refractivity contribution is 5.66. The Balaban J connectivity index is 1.68. The van der Waals surface area contributed by atoms with Gasteiger partial charge in [-0.1, -0.05) is 75.4 Å². The summed E-state index contributed by atoms with van der Waals surface area (Å²) in [6.45, 7) is 2.24. The van der Waals surface area contributed by atoms with Gasteiger partial charge in [0.2, 0.25) is 0 Å². The molecular formula is C26H42O4. The molecular weight excluding hydrogens is 376 g/mol. The minimum atomic E-state index is -0.735. The molecule has 0 aliphatic heterocycles. The Morgan fingerprint density at radius 3 is 2.50 bits per heavy atom. The third kappa shape index (κ3) is 8.44. The van der Waals surface area contributed by atoms with Gasteiger partial charge in [-0.15, -0.1) is 0 Å². The van der Waals surface area contributed by atoms with Crippen molar-refractivity contribution >= 4 is 5.97 Å². The van der Waals surface area contributed by atoms with Gasteiger partial charge in [0.1, 0.15) is 6.10 Å². The maximum absolute atomic E-state index is 10.6. The van der Waals surface area contributed by atoms with Crippen LogP contribution in [-0.2, 0) is 4.79 Å². The van der Waals surface area contributed by atoms with Crippen molar-refractivity contribution in [2.45, 2.75) is 115 Å². The Morgan fingerprint density at radius 2 is 1.80 bits per heavy atom. The number of carbonyl (C=O) groups is 1. The van der Waals surface area contributed by atoms with E-state index in [0.29, 0.717) is 18.3 Å². The summed E-state index contributed by atoms with van der Waals surface area (Å²) in [5.74, 6) is 6.36. The van der Waals surface area contributed by atoms with Gasteiger partial charge >= 0.3 is 5.97 Å². The van der Waals surface area contributed by atoms with E-state index < -0.39 is 12.1 Å². The lowest BCUT2D eigenvalue weighted by molar-refractivity contribution is -0.137. The number of unbranched alkanes of at least 4 members (excludes halogenated alkanes) is 8. The second-order valence-electron chi connectivity index (χ2n) is 9.28. The number of aliphatic hydroxyl groups is 2. The van der Waals surface area contributed by atoms with Crippen LogP contribution in [0.2, 0.25) is 0 Å². The lowest BCUT2D eigenvalue weighted by Gasteiger charge is -2.48. The second kappa shape index (κ2) is 13.9. The number of aliphatic hydroxyl groups excluding tert-OH is 2. The first-order chi connectivity index (χ1) is 14.5. The summed E-state index contributed by atoms with van der Waals surface area (Å²) in [5, 5.41) is 29.4. The van der Waals surface area contributed by atoms with E-state index in [2.05, 4.69) is 24.8 Å². The SMILES string of the molecule is CCCCCCCCCCC(O)C#C[C@@H]1[C@H]2C/C(=C\CCCC(=O)O)[C@H]2CC[C@H]1O. The Morgan fingerprint density at radius 1 is 1.10 bits per heavy atom. The van der Waals surface area contributed by atoms with Crippen LogP contribution in [0.1, 0.15) is 103 Å². The van der Waals surface area contributed by atoms with Gasteiger partial charge in [0, 0.05) is 6.42 Å². The number of hydrogen-bond acceptors (Lipinski definition) is 3. The smallest absolute Gasteiger partial charge is 0.303 e. The first kappa shape index (κ1) is 25.0. The highest BCUT2D eigenvalue weighted by Gasteiger charge is 2.46. The molecule has 0 heterocycles. The largest absolute Gasteiger partial charge is 0.481 e. The monoisotopic (exact) mass is 418 g/mol. The molecule has 2 saturated carbocycles. The van der Waals surface area contributed by atoms with Gasteiger partial charge in [0.25, 0.3) is 0 Å². The van der Waals surface area contributed by atoms with Crippen molar-refractivity contribution in [3.05, 3.63) is 11.6 Å². The van der Waals surface area contributed by atoms with Crippen LogP contribution < -0.4 is 0 Å². The minimum Gasteiger partial charge on any atom is -0.481 e. The molecule has 3 N–H and O–H groups in total. The van der Waals surface area contributed by atoms with Crippen LogP contribution in [-0.4, -0.2) is 33.5 Å². The van der Waals surface area contributed by atoms with E-state index in [-0.39, 0.29) is 18.4 Å². The molecule has 2 aliphatic rings. The van der Waals surface area contributed by atoms with Crippen molar-refractivity contribution in [2.24, 2.45) is 17.8 Å². The number of fused-ring (bicyclic) bond motifs is 1. The molecule has 0 aromatic heterocycles. The van der Waals surface area contributed by atoms with E-state index >= 15 is 0 Å². The summed E-state index contributed by atoms with van der Waals surface area (Å²) >= 11 is 0.